The van der Waals surface area contributed by atoms with E-state index >= 15 is 0 Å². The third-order valence-corrected chi connectivity index (χ3v) is 7.48. The van der Waals surface area contributed by atoms with Crippen LogP contribution in [0.1, 0.15) is 39.5 Å². The highest BCUT2D eigenvalue weighted by molar-refractivity contribution is 7.17. The molecule has 30 heavy (non-hydrogen) atoms. The van der Waals surface area contributed by atoms with Gasteiger partial charge in [-0.1, -0.05) is 0 Å². The lowest BCUT2D eigenvalue weighted by Crippen LogP contribution is -2.39. The largest absolute Gasteiger partial charge is 0.336 e. The van der Waals surface area contributed by atoms with Crippen LogP contribution in [0.4, 0.5) is 5.00 Å². The van der Waals surface area contributed by atoms with Gasteiger partial charge in [0.1, 0.15) is 23.9 Å². The predicted molar refractivity (Wildman–Crippen MR) is 112 cm³/mol. The van der Waals surface area contributed by atoms with Gasteiger partial charge in [-0.05, 0) is 37.7 Å². The zero-order valence-electron chi connectivity index (χ0n) is 17.3. The van der Waals surface area contributed by atoms with Crippen LogP contribution in [0, 0.1) is 12.8 Å². The SMILES string of the molecule is Cc1nccn1CC(=O)N1CCc2c(sc3c2C(=O)N(C)CC(=O)N3CC2CC2)C1. The van der Waals surface area contributed by atoms with E-state index in [-0.39, 0.29) is 30.8 Å². The van der Waals surface area contributed by atoms with Crippen LogP contribution in [0.5, 0.6) is 0 Å². The summed E-state index contributed by atoms with van der Waals surface area (Å²) in [5.74, 6) is 1.30. The Kier molecular flexibility index (Phi) is 4.65. The number of aryl methyl sites for hydroxylation is 1. The van der Waals surface area contributed by atoms with Crippen LogP contribution in [0.3, 0.4) is 0 Å². The normalized spacial score (nSPS) is 19.1. The number of carbonyl (C=O) groups is 3. The molecule has 5 rings (SSSR count). The monoisotopic (exact) mass is 427 g/mol. The van der Waals surface area contributed by atoms with Crippen LogP contribution < -0.4 is 4.90 Å². The molecule has 158 valence electrons. The third-order valence-electron chi connectivity index (χ3n) is 6.24. The van der Waals surface area contributed by atoms with Crippen molar-refractivity contribution in [3.05, 3.63) is 34.2 Å². The van der Waals surface area contributed by atoms with Gasteiger partial charge in [-0.25, -0.2) is 4.98 Å². The summed E-state index contributed by atoms with van der Waals surface area (Å²) in [5.41, 5.74) is 1.70. The van der Waals surface area contributed by atoms with Crippen LogP contribution in [0.2, 0.25) is 0 Å². The summed E-state index contributed by atoms with van der Waals surface area (Å²) >= 11 is 1.52. The number of hydrogen-bond donors (Lipinski definition) is 0. The van der Waals surface area contributed by atoms with E-state index in [9.17, 15) is 14.4 Å². The molecular weight excluding hydrogens is 402 g/mol. The van der Waals surface area contributed by atoms with E-state index in [4.69, 9.17) is 0 Å². The fourth-order valence-corrected chi connectivity index (χ4v) is 5.62. The maximum Gasteiger partial charge on any atom is 0.257 e. The Bertz CT molecular complexity index is 1040. The fourth-order valence-electron chi connectivity index (χ4n) is 4.24. The van der Waals surface area contributed by atoms with E-state index in [0.29, 0.717) is 37.5 Å². The zero-order chi connectivity index (χ0) is 21.0. The highest BCUT2D eigenvalue weighted by atomic mass is 32.1. The minimum absolute atomic E-state index is 0.0152. The molecule has 0 N–H and O–H groups in total. The molecular formula is C21H25N5O3S. The number of anilines is 1. The van der Waals surface area contributed by atoms with Crippen molar-refractivity contribution in [2.24, 2.45) is 5.92 Å². The molecule has 2 aromatic rings. The van der Waals surface area contributed by atoms with Crippen LogP contribution in [-0.4, -0.2) is 63.8 Å². The van der Waals surface area contributed by atoms with Gasteiger partial charge in [-0.3, -0.25) is 14.4 Å². The second kappa shape index (κ2) is 7.23. The molecule has 0 saturated heterocycles. The summed E-state index contributed by atoms with van der Waals surface area (Å²) in [6.45, 7) is 4.02. The fraction of sp³-hybridized carbons (Fsp3) is 0.524. The summed E-state index contributed by atoms with van der Waals surface area (Å²) in [4.78, 5) is 49.2. The average Bonchev–Trinajstić information content (AvgIpc) is 3.36. The molecule has 0 radical (unpaired) electrons. The molecule has 1 aliphatic carbocycles. The number of nitrogens with zero attached hydrogens (tertiary/aromatic N) is 5. The van der Waals surface area contributed by atoms with Gasteiger partial charge in [-0.2, -0.15) is 0 Å². The number of fused-ring (bicyclic) bond motifs is 3. The predicted octanol–water partition coefficient (Wildman–Crippen LogP) is 1.67. The molecule has 0 aromatic carbocycles. The summed E-state index contributed by atoms with van der Waals surface area (Å²) in [5, 5.41) is 0.783. The second-order valence-electron chi connectivity index (χ2n) is 8.46. The van der Waals surface area contributed by atoms with Crippen molar-refractivity contribution < 1.29 is 14.4 Å². The molecule has 0 atom stereocenters. The molecule has 1 saturated carbocycles. The quantitative estimate of drug-likeness (QED) is 0.744. The van der Waals surface area contributed by atoms with E-state index in [1.807, 2.05) is 27.5 Å². The lowest BCUT2D eigenvalue weighted by molar-refractivity contribution is -0.132. The minimum atomic E-state index is -0.0806. The van der Waals surface area contributed by atoms with Crippen molar-refractivity contribution in [1.29, 1.82) is 0 Å². The van der Waals surface area contributed by atoms with Crippen molar-refractivity contribution in [2.45, 2.75) is 39.3 Å². The van der Waals surface area contributed by atoms with E-state index < -0.39 is 0 Å². The number of aromatic nitrogens is 2. The minimum Gasteiger partial charge on any atom is -0.336 e. The molecule has 1 fully saturated rings. The van der Waals surface area contributed by atoms with Gasteiger partial charge in [0, 0.05) is 37.4 Å². The van der Waals surface area contributed by atoms with Gasteiger partial charge in [0.2, 0.25) is 11.8 Å². The lowest BCUT2D eigenvalue weighted by atomic mass is 10.0. The Hall–Kier alpha value is -2.68. The van der Waals surface area contributed by atoms with Crippen molar-refractivity contribution in [3.8, 4) is 0 Å². The Morgan fingerprint density at radius 1 is 1.27 bits per heavy atom. The third kappa shape index (κ3) is 3.30. The van der Waals surface area contributed by atoms with Gasteiger partial charge in [0.15, 0.2) is 0 Å². The molecule has 2 aromatic heterocycles. The molecule has 4 heterocycles. The smallest absolute Gasteiger partial charge is 0.257 e. The molecule has 0 bridgehead atoms. The number of likely N-dealkylation sites (N-methyl/N-ethyl adjacent to an activating group) is 1. The topological polar surface area (TPSA) is 78.8 Å². The Morgan fingerprint density at radius 3 is 2.77 bits per heavy atom. The number of thiophene rings is 1. The number of carbonyl (C=O) groups excluding carboxylic acids is 3. The first-order valence-electron chi connectivity index (χ1n) is 10.4. The molecule has 3 amide bonds. The number of imidazole rings is 1. The standard InChI is InChI=1S/C21H25N5O3S/c1-13-22-6-8-24(13)12-17(27)25-7-5-15-16(10-25)30-21-19(15)20(29)23(2)11-18(28)26(21)9-14-3-4-14/h6,8,14H,3-5,7,9-12H2,1-2H3. The first kappa shape index (κ1) is 19.3. The Balaban J connectivity index is 1.44. The lowest BCUT2D eigenvalue weighted by Gasteiger charge is -2.28. The maximum absolute atomic E-state index is 13.1. The Morgan fingerprint density at radius 2 is 2.07 bits per heavy atom. The maximum atomic E-state index is 13.1. The second-order valence-corrected chi connectivity index (χ2v) is 9.54. The Labute approximate surface area is 179 Å². The first-order chi connectivity index (χ1) is 14.4. The van der Waals surface area contributed by atoms with E-state index in [1.165, 1.54) is 16.2 Å². The summed E-state index contributed by atoms with van der Waals surface area (Å²) < 4.78 is 1.84. The summed E-state index contributed by atoms with van der Waals surface area (Å²) in [6.07, 6.45) is 6.43. The molecule has 9 heteroatoms. The first-order valence-corrected chi connectivity index (χ1v) is 11.2. The van der Waals surface area contributed by atoms with Crippen molar-refractivity contribution in [1.82, 2.24) is 19.4 Å². The van der Waals surface area contributed by atoms with Crippen molar-refractivity contribution >= 4 is 34.1 Å². The van der Waals surface area contributed by atoms with Gasteiger partial charge >= 0.3 is 0 Å². The molecule has 0 spiro atoms. The van der Waals surface area contributed by atoms with Gasteiger partial charge in [0.05, 0.1) is 12.1 Å². The molecule has 3 aliphatic rings. The van der Waals surface area contributed by atoms with Gasteiger partial charge in [-0.15, -0.1) is 11.3 Å². The number of rotatable bonds is 4. The highest BCUT2D eigenvalue weighted by Gasteiger charge is 2.39. The van der Waals surface area contributed by atoms with Crippen LogP contribution in [-0.2, 0) is 29.1 Å². The molecule has 8 nitrogen and oxygen atoms in total. The molecule has 0 unspecified atom stereocenters. The van der Waals surface area contributed by atoms with Gasteiger partial charge in [0.25, 0.3) is 5.91 Å². The van der Waals surface area contributed by atoms with E-state index in [2.05, 4.69) is 4.98 Å². The molecule has 2 aliphatic heterocycles. The van der Waals surface area contributed by atoms with Crippen molar-refractivity contribution in [2.75, 3.05) is 31.6 Å². The van der Waals surface area contributed by atoms with Crippen molar-refractivity contribution in [3.63, 3.8) is 0 Å². The van der Waals surface area contributed by atoms with Gasteiger partial charge < -0.3 is 19.3 Å². The van der Waals surface area contributed by atoms with Crippen LogP contribution in [0.15, 0.2) is 12.4 Å². The van der Waals surface area contributed by atoms with Crippen LogP contribution >= 0.6 is 11.3 Å². The summed E-state index contributed by atoms with van der Waals surface area (Å²) in [7, 11) is 1.70. The average molecular weight is 428 g/mol. The zero-order valence-corrected chi connectivity index (χ0v) is 18.1. The van der Waals surface area contributed by atoms with E-state index in [1.54, 1.807) is 13.2 Å². The highest BCUT2D eigenvalue weighted by Crippen LogP contribution is 2.43. The number of amides is 3. The van der Waals surface area contributed by atoms with Crippen LogP contribution in [0.25, 0.3) is 0 Å². The number of hydrogen-bond acceptors (Lipinski definition) is 5. The van der Waals surface area contributed by atoms with E-state index in [0.717, 1.165) is 34.1 Å². The summed E-state index contributed by atoms with van der Waals surface area (Å²) in [6, 6.07) is 0.